The Morgan fingerprint density at radius 3 is 2.78 bits per heavy atom. The molecule has 0 aliphatic carbocycles. The van der Waals surface area contributed by atoms with Gasteiger partial charge in [-0.25, -0.2) is 4.79 Å². The van der Waals surface area contributed by atoms with Crippen molar-refractivity contribution in [3.8, 4) is 0 Å². The van der Waals surface area contributed by atoms with Gasteiger partial charge in [0.15, 0.2) is 0 Å². The molecule has 0 saturated carbocycles. The van der Waals surface area contributed by atoms with Crippen LogP contribution in [-0.2, 0) is 9.47 Å². The Morgan fingerprint density at radius 2 is 2.17 bits per heavy atom. The number of rotatable bonds is 0. The summed E-state index contributed by atoms with van der Waals surface area (Å²) < 4.78 is 10.8. The zero-order valence-corrected chi connectivity index (χ0v) is 11.6. The van der Waals surface area contributed by atoms with Gasteiger partial charge in [-0.2, -0.15) is 0 Å². The first-order valence-electron chi connectivity index (χ1n) is 6.55. The summed E-state index contributed by atoms with van der Waals surface area (Å²) in [7, 11) is 0. The van der Waals surface area contributed by atoms with E-state index in [0.29, 0.717) is 19.5 Å². The summed E-state index contributed by atoms with van der Waals surface area (Å²) in [5.74, 6) is 0. The second-order valence-corrected chi connectivity index (χ2v) is 6.48. The summed E-state index contributed by atoms with van der Waals surface area (Å²) in [4.78, 5) is 13.7. The van der Waals surface area contributed by atoms with Gasteiger partial charge in [-0.3, -0.25) is 0 Å². The summed E-state index contributed by atoms with van der Waals surface area (Å²) in [6, 6.07) is 0. The maximum atomic E-state index is 12.0. The van der Waals surface area contributed by atoms with E-state index in [1.54, 1.807) is 11.8 Å². The van der Waals surface area contributed by atoms with E-state index in [1.165, 1.54) is 0 Å². The van der Waals surface area contributed by atoms with Gasteiger partial charge in [-0.15, -0.1) is 0 Å². The number of aliphatic hydroxyl groups is 1. The Hall–Kier alpha value is -0.810. The quantitative estimate of drug-likeness (QED) is 0.669. The molecule has 3 atom stereocenters. The third-order valence-corrected chi connectivity index (χ3v) is 3.36. The van der Waals surface area contributed by atoms with Crippen LogP contribution >= 0.6 is 0 Å². The average Bonchev–Trinajstić information content (AvgIpc) is 2.90. The van der Waals surface area contributed by atoms with Crippen LogP contribution in [0.1, 0.15) is 40.5 Å². The van der Waals surface area contributed by atoms with Crippen LogP contribution in [0.2, 0.25) is 0 Å². The van der Waals surface area contributed by atoms with Crippen molar-refractivity contribution < 1.29 is 19.4 Å². The van der Waals surface area contributed by atoms with E-state index in [4.69, 9.17) is 9.47 Å². The van der Waals surface area contributed by atoms with Crippen molar-refractivity contribution in [3.05, 3.63) is 0 Å². The topological polar surface area (TPSA) is 62.3 Å². The molecule has 0 unspecified atom stereocenters. The van der Waals surface area contributed by atoms with E-state index in [0.717, 1.165) is 6.42 Å². The lowest BCUT2D eigenvalue weighted by atomic mass is 9.92. The molecule has 0 bridgehead atoms. The number of carbonyl (C=O) groups excluding carboxylic acids is 1. The van der Waals surface area contributed by atoms with E-state index in [2.05, 4.69) is 0 Å². The molecule has 0 spiro atoms. The molecule has 0 aromatic carbocycles. The van der Waals surface area contributed by atoms with E-state index in [-0.39, 0.29) is 18.3 Å². The number of amides is 1. The highest BCUT2D eigenvalue weighted by Gasteiger charge is 2.53. The van der Waals surface area contributed by atoms with Crippen LogP contribution in [0, 0.1) is 0 Å². The number of hydrogen-bond acceptors (Lipinski definition) is 4. The molecular formula is C13H23NO4. The van der Waals surface area contributed by atoms with Gasteiger partial charge in [0.2, 0.25) is 0 Å². The molecule has 2 heterocycles. The Kier molecular flexibility index (Phi) is 3.32. The van der Waals surface area contributed by atoms with Gasteiger partial charge >= 0.3 is 6.09 Å². The summed E-state index contributed by atoms with van der Waals surface area (Å²) in [6.07, 6.45) is 0.931. The van der Waals surface area contributed by atoms with Crippen molar-refractivity contribution in [1.82, 2.24) is 4.90 Å². The first-order valence-corrected chi connectivity index (χ1v) is 6.55. The lowest BCUT2D eigenvalue weighted by molar-refractivity contribution is 0.00730. The number of ether oxygens (including phenoxy) is 2. The lowest BCUT2D eigenvalue weighted by Gasteiger charge is -2.30. The van der Waals surface area contributed by atoms with E-state index >= 15 is 0 Å². The predicted octanol–water partition coefficient (Wildman–Crippen LogP) is 1.54. The van der Waals surface area contributed by atoms with Crippen LogP contribution in [-0.4, -0.2) is 52.6 Å². The third kappa shape index (κ3) is 3.14. The highest BCUT2D eigenvalue weighted by atomic mass is 16.6. The Bertz CT molecular complexity index is 334. The van der Waals surface area contributed by atoms with Gasteiger partial charge in [0.25, 0.3) is 0 Å². The van der Waals surface area contributed by atoms with E-state index < -0.39 is 11.2 Å². The number of epoxide rings is 1. The molecular weight excluding hydrogens is 234 g/mol. The van der Waals surface area contributed by atoms with Crippen LogP contribution < -0.4 is 0 Å². The minimum Gasteiger partial charge on any atom is -0.444 e. The molecule has 2 aliphatic rings. The molecule has 2 fully saturated rings. The Balaban J connectivity index is 1.94. The van der Waals surface area contributed by atoms with E-state index in [9.17, 15) is 9.90 Å². The van der Waals surface area contributed by atoms with Gasteiger partial charge in [0.1, 0.15) is 17.8 Å². The number of fused-ring (bicyclic) bond motifs is 1. The SMILES string of the molecule is CC(C)(C)OC(=O)N1CCC[C@@](C)(O)[C@H]2O[C@H]2C1. The zero-order chi connectivity index (χ0) is 13.6. The normalized spacial score (nSPS) is 36.4. The molecule has 0 aromatic rings. The Labute approximate surface area is 108 Å². The van der Waals surface area contributed by atoms with Gasteiger partial charge in [-0.05, 0) is 40.5 Å². The van der Waals surface area contributed by atoms with Crippen molar-refractivity contribution in [2.24, 2.45) is 0 Å². The molecule has 1 N–H and O–H groups in total. The number of nitrogens with zero attached hydrogens (tertiary/aromatic N) is 1. The summed E-state index contributed by atoms with van der Waals surface area (Å²) >= 11 is 0. The van der Waals surface area contributed by atoms with Gasteiger partial charge in [0, 0.05) is 6.54 Å². The molecule has 2 rings (SSSR count). The molecule has 2 aliphatic heterocycles. The third-order valence-electron chi connectivity index (χ3n) is 3.36. The molecule has 104 valence electrons. The maximum absolute atomic E-state index is 12.0. The summed E-state index contributed by atoms with van der Waals surface area (Å²) in [5, 5.41) is 10.1. The molecule has 0 radical (unpaired) electrons. The highest BCUT2D eigenvalue weighted by Crippen LogP contribution is 2.37. The number of likely N-dealkylation sites (tertiary alicyclic amines) is 1. The second kappa shape index (κ2) is 4.38. The second-order valence-electron chi connectivity index (χ2n) is 6.48. The standard InChI is InChI=1S/C13H23NO4/c1-12(2,3)18-11(15)14-7-5-6-13(4,16)10-9(8-14)17-10/h9-10,16H,5-8H2,1-4H3/t9-,10-,13+/m0/s1. The Morgan fingerprint density at radius 1 is 1.50 bits per heavy atom. The molecule has 18 heavy (non-hydrogen) atoms. The predicted molar refractivity (Wildman–Crippen MR) is 66.3 cm³/mol. The minimum atomic E-state index is -0.759. The van der Waals surface area contributed by atoms with Gasteiger partial charge in [0.05, 0.1) is 12.1 Å². The first-order chi connectivity index (χ1) is 8.19. The van der Waals surface area contributed by atoms with Crippen LogP contribution in [0.5, 0.6) is 0 Å². The average molecular weight is 257 g/mol. The number of carbonyl (C=O) groups is 1. The fourth-order valence-corrected chi connectivity index (χ4v) is 2.40. The van der Waals surface area contributed by atoms with Gasteiger partial charge < -0.3 is 19.5 Å². The largest absolute Gasteiger partial charge is 0.444 e. The van der Waals surface area contributed by atoms with Crippen LogP contribution in [0.15, 0.2) is 0 Å². The van der Waals surface area contributed by atoms with Crippen molar-refractivity contribution in [3.63, 3.8) is 0 Å². The maximum Gasteiger partial charge on any atom is 0.410 e. The molecule has 0 aromatic heterocycles. The van der Waals surface area contributed by atoms with Crippen molar-refractivity contribution in [1.29, 1.82) is 0 Å². The van der Waals surface area contributed by atoms with Crippen LogP contribution in [0.3, 0.4) is 0 Å². The van der Waals surface area contributed by atoms with Crippen molar-refractivity contribution in [2.75, 3.05) is 13.1 Å². The fourth-order valence-electron chi connectivity index (χ4n) is 2.40. The van der Waals surface area contributed by atoms with Gasteiger partial charge in [-0.1, -0.05) is 0 Å². The fraction of sp³-hybridized carbons (Fsp3) is 0.923. The summed E-state index contributed by atoms with van der Waals surface area (Å²) in [6.45, 7) is 8.50. The molecule has 5 heteroatoms. The zero-order valence-electron chi connectivity index (χ0n) is 11.6. The number of hydrogen-bond donors (Lipinski definition) is 1. The molecule has 1 amide bonds. The minimum absolute atomic E-state index is 0.0483. The smallest absolute Gasteiger partial charge is 0.410 e. The van der Waals surface area contributed by atoms with Crippen LogP contribution in [0.4, 0.5) is 4.79 Å². The first kappa shape index (κ1) is 13.6. The van der Waals surface area contributed by atoms with E-state index in [1.807, 2.05) is 20.8 Å². The van der Waals surface area contributed by atoms with Crippen LogP contribution in [0.25, 0.3) is 0 Å². The molecule has 2 saturated heterocycles. The van der Waals surface area contributed by atoms with Crippen molar-refractivity contribution >= 4 is 6.09 Å². The lowest BCUT2D eigenvalue weighted by Crippen LogP contribution is -2.44. The van der Waals surface area contributed by atoms with Crippen molar-refractivity contribution in [2.45, 2.75) is 63.9 Å². The molecule has 5 nitrogen and oxygen atoms in total. The highest BCUT2D eigenvalue weighted by molar-refractivity contribution is 5.68. The monoisotopic (exact) mass is 257 g/mol. The summed E-state index contributed by atoms with van der Waals surface area (Å²) in [5.41, 5.74) is -1.24.